The number of carbonyl (C=O) groups excluding carboxylic acids is 1. The van der Waals surface area contributed by atoms with Crippen molar-refractivity contribution in [1.29, 1.82) is 0 Å². The van der Waals surface area contributed by atoms with E-state index >= 15 is 0 Å². The summed E-state index contributed by atoms with van der Waals surface area (Å²) in [6.45, 7) is 4.10. The number of ether oxygens (including phenoxy) is 2. The van der Waals surface area contributed by atoms with Crippen molar-refractivity contribution in [3.05, 3.63) is 73.1 Å². The van der Waals surface area contributed by atoms with E-state index < -0.39 is 13.9 Å². The van der Waals surface area contributed by atoms with Crippen LogP contribution in [-0.2, 0) is 27.9 Å². The van der Waals surface area contributed by atoms with Gasteiger partial charge in [0.15, 0.2) is 6.10 Å². The van der Waals surface area contributed by atoms with Gasteiger partial charge in [0.2, 0.25) is 0 Å². The lowest BCUT2D eigenvalue weighted by molar-refractivity contribution is -0.147. The third-order valence-corrected chi connectivity index (χ3v) is 9.71. The SMILES string of the molecule is CCCCCC=CCC=CCC=CCC=CCC=CCCC(=O)OC[C@H](COP(=O)(O)OCCN)OC=CCCCCCCCCCCCCCCCC. The number of hydrogen-bond donors (Lipinski definition) is 2. The summed E-state index contributed by atoms with van der Waals surface area (Å²) < 4.78 is 33.1. The van der Waals surface area contributed by atoms with Gasteiger partial charge in [-0.1, -0.05) is 171 Å². The van der Waals surface area contributed by atoms with Crippen LogP contribution in [0.1, 0.15) is 174 Å². The van der Waals surface area contributed by atoms with Crippen molar-refractivity contribution in [2.24, 2.45) is 5.73 Å². The lowest BCUT2D eigenvalue weighted by Gasteiger charge is -2.19. The Morgan fingerprint density at radius 1 is 0.574 bits per heavy atom. The Labute approximate surface area is 331 Å². The van der Waals surface area contributed by atoms with Crippen LogP contribution in [-0.4, -0.2) is 43.3 Å². The molecule has 0 bridgehead atoms. The van der Waals surface area contributed by atoms with Crippen LogP contribution in [0.25, 0.3) is 0 Å². The van der Waals surface area contributed by atoms with Crippen LogP contribution in [0.4, 0.5) is 0 Å². The lowest BCUT2D eigenvalue weighted by Crippen LogP contribution is -2.25. The molecule has 0 aromatic rings. The number of nitrogens with two attached hydrogens (primary N) is 1. The van der Waals surface area contributed by atoms with Gasteiger partial charge in [-0.2, -0.15) is 0 Å². The number of carbonyl (C=O) groups is 1. The highest BCUT2D eigenvalue weighted by molar-refractivity contribution is 7.47. The average molecular weight is 778 g/mol. The molecule has 0 spiro atoms. The van der Waals surface area contributed by atoms with Crippen LogP contribution < -0.4 is 5.73 Å². The Bertz CT molecular complexity index is 1050. The highest BCUT2D eigenvalue weighted by Gasteiger charge is 2.24. The predicted octanol–water partition coefficient (Wildman–Crippen LogP) is 13.1. The zero-order valence-corrected chi connectivity index (χ0v) is 35.3. The van der Waals surface area contributed by atoms with E-state index in [1.165, 1.54) is 109 Å². The second-order valence-corrected chi connectivity index (χ2v) is 15.4. The molecule has 0 amide bonds. The Kier molecular flexibility index (Phi) is 40.2. The molecule has 0 saturated heterocycles. The maximum Gasteiger partial charge on any atom is 0.472 e. The van der Waals surface area contributed by atoms with Crippen molar-refractivity contribution in [3.63, 3.8) is 0 Å². The van der Waals surface area contributed by atoms with Gasteiger partial charge in [-0.25, -0.2) is 4.57 Å². The van der Waals surface area contributed by atoms with Crippen molar-refractivity contribution >= 4 is 13.8 Å². The number of hydrogen-bond acceptors (Lipinski definition) is 7. The largest absolute Gasteiger partial charge is 0.492 e. The third kappa shape index (κ3) is 41.0. The Morgan fingerprint density at radius 2 is 1.00 bits per heavy atom. The molecule has 0 fully saturated rings. The summed E-state index contributed by atoms with van der Waals surface area (Å²) in [4.78, 5) is 22.2. The molecule has 0 radical (unpaired) electrons. The molecule has 0 aromatic carbocycles. The van der Waals surface area contributed by atoms with Crippen LogP contribution >= 0.6 is 7.82 Å². The molecule has 1 unspecified atom stereocenters. The van der Waals surface area contributed by atoms with Gasteiger partial charge >= 0.3 is 13.8 Å². The quantitative estimate of drug-likeness (QED) is 0.0208. The van der Waals surface area contributed by atoms with Crippen LogP contribution in [0.3, 0.4) is 0 Å². The molecule has 2 atom stereocenters. The summed E-state index contributed by atoms with van der Waals surface area (Å²) in [6.07, 6.45) is 53.2. The molecule has 312 valence electrons. The van der Waals surface area contributed by atoms with Crippen molar-refractivity contribution in [1.82, 2.24) is 0 Å². The maximum absolute atomic E-state index is 12.4. The normalized spacial score (nSPS) is 14.1. The minimum Gasteiger partial charge on any atom is -0.492 e. The first-order valence-electron chi connectivity index (χ1n) is 21.5. The number of esters is 1. The van der Waals surface area contributed by atoms with Crippen molar-refractivity contribution in [3.8, 4) is 0 Å². The predicted molar refractivity (Wildman–Crippen MR) is 228 cm³/mol. The minimum atomic E-state index is -4.29. The summed E-state index contributed by atoms with van der Waals surface area (Å²) >= 11 is 0. The van der Waals surface area contributed by atoms with Gasteiger partial charge in [-0.15, -0.1) is 0 Å². The second kappa shape index (κ2) is 41.9. The summed E-state index contributed by atoms with van der Waals surface area (Å²) in [5.74, 6) is -0.371. The van der Waals surface area contributed by atoms with E-state index in [4.69, 9.17) is 24.3 Å². The molecule has 0 aliphatic heterocycles. The zero-order chi connectivity index (χ0) is 39.5. The first kappa shape index (κ1) is 51.8. The van der Waals surface area contributed by atoms with Crippen LogP contribution in [0.15, 0.2) is 73.1 Å². The third-order valence-electron chi connectivity index (χ3n) is 8.73. The summed E-state index contributed by atoms with van der Waals surface area (Å²) in [6, 6.07) is 0. The van der Waals surface area contributed by atoms with Gasteiger partial charge in [0.05, 0.1) is 19.5 Å². The van der Waals surface area contributed by atoms with Crippen LogP contribution in [0.2, 0.25) is 0 Å². The van der Waals surface area contributed by atoms with E-state index in [1.54, 1.807) is 6.26 Å². The van der Waals surface area contributed by atoms with Crippen molar-refractivity contribution in [2.45, 2.75) is 180 Å². The fourth-order valence-corrected chi connectivity index (χ4v) is 6.26. The maximum atomic E-state index is 12.4. The molecule has 0 saturated carbocycles. The van der Waals surface area contributed by atoms with E-state index in [9.17, 15) is 14.3 Å². The number of allylic oxidation sites excluding steroid dienone is 11. The van der Waals surface area contributed by atoms with E-state index in [2.05, 4.69) is 62.5 Å². The molecule has 0 rings (SSSR count). The molecule has 54 heavy (non-hydrogen) atoms. The van der Waals surface area contributed by atoms with E-state index in [0.717, 1.165) is 38.5 Å². The van der Waals surface area contributed by atoms with Gasteiger partial charge in [-0.3, -0.25) is 13.8 Å². The Balaban J connectivity index is 4.22. The van der Waals surface area contributed by atoms with Gasteiger partial charge in [0.25, 0.3) is 0 Å². The fourth-order valence-electron chi connectivity index (χ4n) is 5.49. The zero-order valence-electron chi connectivity index (χ0n) is 34.4. The number of rotatable bonds is 40. The minimum absolute atomic E-state index is 0.0887. The molecule has 0 aliphatic rings. The van der Waals surface area contributed by atoms with Crippen molar-refractivity contribution in [2.75, 3.05) is 26.4 Å². The second-order valence-electron chi connectivity index (χ2n) is 13.9. The first-order valence-corrected chi connectivity index (χ1v) is 23.0. The number of phosphoric acid groups is 1. The first-order chi connectivity index (χ1) is 26.4. The van der Waals surface area contributed by atoms with Gasteiger partial charge in [0.1, 0.15) is 6.61 Å². The monoisotopic (exact) mass is 778 g/mol. The summed E-state index contributed by atoms with van der Waals surface area (Å²) in [5.41, 5.74) is 5.36. The summed E-state index contributed by atoms with van der Waals surface area (Å²) in [7, 11) is -4.29. The van der Waals surface area contributed by atoms with Crippen molar-refractivity contribution < 1.29 is 32.8 Å². The molecular weight excluding hydrogens is 697 g/mol. The molecule has 8 nitrogen and oxygen atoms in total. The topological polar surface area (TPSA) is 117 Å². The number of unbranched alkanes of at least 4 members (excludes halogenated alkanes) is 17. The molecule has 0 aromatic heterocycles. The highest BCUT2D eigenvalue weighted by Crippen LogP contribution is 2.43. The lowest BCUT2D eigenvalue weighted by atomic mass is 10.0. The Morgan fingerprint density at radius 3 is 1.52 bits per heavy atom. The van der Waals surface area contributed by atoms with E-state index in [-0.39, 0.29) is 38.8 Å². The van der Waals surface area contributed by atoms with Gasteiger partial charge in [-0.05, 0) is 63.9 Å². The van der Waals surface area contributed by atoms with Crippen LogP contribution in [0, 0.1) is 0 Å². The standard InChI is InChI=1S/C45H80NO7P/c1-3-5-7-9-11-13-15-17-19-21-22-23-24-26-28-30-32-34-36-38-45(47)51-42-44(43-53-54(48,49)52-41-39-46)50-40-37-35-33-31-29-27-25-20-18-16-14-12-10-8-6-4-2/h11,13,17,19,22-23,26,28,32,34,37,40,44H,3-10,12,14-16,18,20-21,24-25,27,29-31,33,35-36,38-39,41-43,46H2,1-2H3,(H,48,49)/t44-/m1/s1. The molecule has 3 N–H and O–H groups in total. The molecular formula is C45H80NO7P. The highest BCUT2D eigenvalue weighted by atomic mass is 31.2. The smallest absolute Gasteiger partial charge is 0.472 e. The molecule has 0 heterocycles. The molecule has 9 heteroatoms. The fraction of sp³-hybridized carbons (Fsp3) is 0.711. The molecule has 0 aliphatic carbocycles. The van der Waals surface area contributed by atoms with Gasteiger partial charge < -0.3 is 20.1 Å². The number of phosphoric ester groups is 1. The van der Waals surface area contributed by atoms with E-state index in [1.807, 2.05) is 18.2 Å². The van der Waals surface area contributed by atoms with E-state index in [0.29, 0.717) is 6.42 Å². The average Bonchev–Trinajstić information content (AvgIpc) is 3.16. The Hall–Kier alpha value is -2.22. The van der Waals surface area contributed by atoms with Gasteiger partial charge in [0, 0.05) is 13.0 Å². The summed E-state index contributed by atoms with van der Waals surface area (Å²) in [5, 5.41) is 0. The van der Waals surface area contributed by atoms with Crippen LogP contribution in [0.5, 0.6) is 0 Å².